The molecule has 238 valence electrons. The first-order valence-corrected chi connectivity index (χ1v) is 16.6. The number of benzene rings is 6. The van der Waals surface area contributed by atoms with Crippen LogP contribution in [0.1, 0.15) is 11.1 Å². The van der Waals surface area contributed by atoms with Crippen LogP contribution >= 0.6 is 0 Å². The monoisotopic (exact) mass is 633 g/mol. The Bertz CT molecular complexity index is 2170. The zero-order valence-electron chi connectivity index (χ0n) is 27.7. The summed E-state index contributed by atoms with van der Waals surface area (Å²) >= 11 is 0. The van der Waals surface area contributed by atoms with Crippen molar-refractivity contribution in [3.05, 3.63) is 205 Å². The van der Waals surface area contributed by atoms with E-state index in [1.807, 2.05) is 6.07 Å². The van der Waals surface area contributed by atoms with Crippen LogP contribution in [0.5, 0.6) is 0 Å². The number of nitrogens with zero attached hydrogens (tertiary/aromatic N) is 2. The summed E-state index contributed by atoms with van der Waals surface area (Å²) < 4.78 is 0. The second-order valence-electron chi connectivity index (χ2n) is 12.1. The van der Waals surface area contributed by atoms with Gasteiger partial charge in [0.15, 0.2) is 0 Å². The van der Waals surface area contributed by atoms with E-state index in [2.05, 4.69) is 200 Å². The highest BCUT2D eigenvalue weighted by Crippen LogP contribution is 2.42. The summed E-state index contributed by atoms with van der Waals surface area (Å²) in [6.45, 7) is 4.85. The first-order valence-electron chi connectivity index (χ1n) is 16.6. The fourth-order valence-corrected chi connectivity index (χ4v) is 6.56. The highest BCUT2D eigenvalue weighted by Gasteiger charge is 2.21. The molecule has 7 rings (SSSR count). The number of fused-ring (bicyclic) bond motifs is 1. The first-order chi connectivity index (χ1) is 24.1. The van der Waals surface area contributed by atoms with Gasteiger partial charge in [-0.25, -0.2) is 0 Å². The van der Waals surface area contributed by atoms with Gasteiger partial charge in [-0.05, 0) is 63.7 Å². The van der Waals surface area contributed by atoms with Crippen molar-refractivity contribution in [2.24, 2.45) is 5.73 Å². The SMILES string of the molecule is C=C1\C=C/C(C(=C/CN)/c2ccccc2N(C)c2ccccc2-c2ccc(-c3ccccc3)cc2)=C\N(c2ccccc2)c2ccccc21. The van der Waals surface area contributed by atoms with E-state index in [0.29, 0.717) is 6.54 Å². The second kappa shape index (κ2) is 14.3. The van der Waals surface area contributed by atoms with E-state index in [-0.39, 0.29) is 0 Å². The molecule has 0 aromatic heterocycles. The van der Waals surface area contributed by atoms with Crippen molar-refractivity contribution in [3.63, 3.8) is 0 Å². The molecule has 0 saturated heterocycles. The van der Waals surface area contributed by atoms with Crippen LogP contribution in [-0.4, -0.2) is 13.6 Å². The molecule has 1 heterocycles. The Kier molecular flexibility index (Phi) is 9.18. The van der Waals surface area contributed by atoms with E-state index in [0.717, 1.165) is 56.2 Å². The fourth-order valence-electron chi connectivity index (χ4n) is 6.56. The Labute approximate surface area is 289 Å². The number of allylic oxidation sites excluding steroid dienone is 5. The maximum absolute atomic E-state index is 6.31. The fraction of sp³-hybridized carbons (Fsp3) is 0.0435. The van der Waals surface area contributed by atoms with Crippen molar-refractivity contribution in [1.82, 2.24) is 0 Å². The maximum atomic E-state index is 6.31. The van der Waals surface area contributed by atoms with Crippen molar-refractivity contribution in [2.75, 3.05) is 23.4 Å². The molecule has 1 aliphatic rings. The lowest BCUT2D eigenvalue weighted by molar-refractivity contribution is 1.19. The van der Waals surface area contributed by atoms with E-state index in [4.69, 9.17) is 5.73 Å². The van der Waals surface area contributed by atoms with Crippen LogP contribution in [0, 0.1) is 0 Å². The van der Waals surface area contributed by atoms with Gasteiger partial charge in [0.05, 0.1) is 5.69 Å². The Balaban J connectivity index is 1.32. The van der Waals surface area contributed by atoms with Crippen molar-refractivity contribution >= 4 is 33.9 Å². The number of para-hydroxylation sites is 4. The van der Waals surface area contributed by atoms with Gasteiger partial charge in [0, 0.05) is 53.5 Å². The Hall–Kier alpha value is -6.16. The third kappa shape index (κ3) is 6.53. The molecule has 6 aromatic carbocycles. The van der Waals surface area contributed by atoms with E-state index in [1.165, 1.54) is 16.7 Å². The summed E-state index contributed by atoms with van der Waals surface area (Å²) in [5, 5.41) is 0. The topological polar surface area (TPSA) is 32.5 Å². The first kappa shape index (κ1) is 31.4. The predicted molar refractivity (Wildman–Crippen MR) is 210 cm³/mol. The smallest absolute Gasteiger partial charge is 0.0533 e. The van der Waals surface area contributed by atoms with Gasteiger partial charge in [-0.3, -0.25) is 0 Å². The minimum absolute atomic E-state index is 0.395. The molecule has 2 N–H and O–H groups in total. The van der Waals surface area contributed by atoms with Crippen LogP contribution in [0.3, 0.4) is 0 Å². The number of rotatable bonds is 8. The lowest BCUT2D eigenvalue weighted by Crippen LogP contribution is -2.15. The van der Waals surface area contributed by atoms with Crippen molar-refractivity contribution in [1.29, 1.82) is 0 Å². The Morgan fingerprint density at radius 1 is 0.612 bits per heavy atom. The lowest BCUT2D eigenvalue weighted by atomic mass is 9.92. The van der Waals surface area contributed by atoms with Crippen LogP contribution in [0.15, 0.2) is 194 Å². The van der Waals surface area contributed by atoms with Crippen LogP contribution in [0.2, 0.25) is 0 Å². The molecular formula is C46H39N3. The summed E-state index contributed by atoms with van der Waals surface area (Å²) in [5.41, 5.74) is 20.6. The zero-order chi connectivity index (χ0) is 33.6. The molecule has 1 aliphatic heterocycles. The van der Waals surface area contributed by atoms with Gasteiger partial charge in [0.2, 0.25) is 0 Å². The van der Waals surface area contributed by atoms with E-state index < -0.39 is 0 Å². The molecule has 0 fully saturated rings. The third-order valence-corrected chi connectivity index (χ3v) is 9.03. The Morgan fingerprint density at radius 2 is 1.18 bits per heavy atom. The van der Waals surface area contributed by atoms with Gasteiger partial charge in [0.1, 0.15) is 0 Å². The van der Waals surface area contributed by atoms with Crippen LogP contribution in [0.25, 0.3) is 33.4 Å². The summed E-state index contributed by atoms with van der Waals surface area (Å²) in [6.07, 6.45) is 8.61. The van der Waals surface area contributed by atoms with Gasteiger partial charge in [0.25, 0.3) is 0 Å². The van der Waals surface area contributed by atoms with Crippen molar-refractivity contribution < 1.29 is 0 Å². The van der Waals surface area contributed by atoms with Gasteiger partial charge < -0.3 is 15.5 Å². The van der Waals surface area contributed by atoms with Crippen LogP contribution in [0.4, 0.5) is 22.7 Å². The molecule has 3 nitrogen and oxygen atoms in total. The molecule has 0 aliphatic carbocycles. The molecular weight excluding hydrogens is 595 g/mol. The number of nitrogens with two attached hydrogens (primary N) is 1. The van der Waals surface area contributed by atoms with Crippen LogP contribution < -0.4 is 15.5 Å². The summed E-state index contributed by atoms with van der Waals surface area (Å²) in [6, 6.07) is 55.4. The van der Waals surface area contributed by atoms with Crippen LogP contribution in [-0.2, 0) is 0 Å². The molecule has 0 atom stereocenters. The summed E-state index contributed by atoms with van der Waals surface area (Å²) in [5.74, 6) is 0. The summed E-state index contributed by atoms with van der Waals surface area (Å²) in [7, 11) is 2.15. The molecule has 0 spiro atoms. The minimum atomic E-state index is 0.395. The normalized spacial score (nSPS) is 14.7. The van der Waals surface area contributed by atoms with Crippen molar-refractivity contribution in [2.45, 2.75) is 0 Å². The third-order valence-electron chi connectivity index (χ3n) is 9.03. The highest BCUT2D eigenvalue weighted by molar-refractivity contribution is 5.95. The average molecular weight is 634 g/mol. The summed E-state index contributed by atoms with van der Waals surface area (Å²) in [4.78, 5) is 4.54. The van der Waals surface area contributed by atoms with E-state index >= 15 is 0 Å². The molecule has 0 saturated carbocycles. The zero-order valence-corrected chi connectivity index (χ0v) is 27.7. The number of hydrogen-bond acceptors (Lipinski definition) is 3. The lowest BCUT2D eigenvalue weighted by Gasteiger charge is -2.29. The average Bonchev–Trinajstić information content (AvgIpc) is 3.17. The molecule has 3 heteroatoms. The van der Waals surface area contributed by atoms with Crippen molar-refractivity contribution in [3.8, 4) is 22.3 Å². The van der Waals surface area contributed by atoms with E-state index in [1.54, 1.807) is 0 Å². The standard InChI is InChI=1S/C46H39N3/c1-34-25-26-38(33-49(39-17-7-4-8-18-39)46-24-14-9-19-40(34)46)41(31-32-47)43-21-11-13-23-45(43)48(2)44-22-12-10-20-42(44)37-29-27-36(28-30-37)35-15-5-3-6-16-35/h3-31,33H,1,32,47H2,2H3/b26-25-,38-33+,41-31-. The molecule has 49 heavy (non-hydrogen) atoms. The molecule has 0 amide bonds. The predicted octanol–water partition coefficient (Wildman–Crippen LogP) is 11.4. The molecule has 0 unspecified atom stereocenters. The maximum Gasteiger partial charge on any atom is 0.0533 e. The molecule has 0 bridgehead atoms. The largest absolute Gasteiger partial charge is 0.344 e. The molecule has 6 aromatic rings. The van der Waals surface area contributed by atoms with Gasteiger partial charge in [-0.2, -0.15) is 0 Å². The van der Waals surface area contributed by atoms with Gasteiger partial charge in [-0.15, -0.1) is 0 Å². The second-order valence-corrected chi connectivity index (χ2v) is 12.1. The minimum Gasteiger partial charge on any atom is -0.344 e. The Morgan fingerprint density at radius 3 is 1.92 bits per heavy atom. The quantitative estimate of drug-likeness (QED) is 0.181. The van der Waals surface area contributed by atoms with E-state index in [9.17, 15) is 0 Å². The molecule has 0 radical (unpaired) electrons. The highest BCUT2D eigenvalue weighted by atomic mass is 15.1. The van der Waals surface area contributed by atoms with Gasteiger partial charge >= 0.3 is 0 Å². The number of anilines is 4. The number of hydrogen-bond donors (Lipinski definition) is 1. The van der Waals surface area contributed by atoms with Gasteiger partial charge in [-0.1, -0.05) is 152 Å².